The molecule has 192 valence electrons. The lowest BCUT2D eigenvalue weighted by Gasteiger charge is -2.14. The number of aryl methyl sites for hydroxylation is 1. The van der Waals surface area contributed by atoms with Crippen LogP contribution in [0.5, 0.6) is 11.5 Å². The molecule has 5 rings (SSSR count). The third kappa shape index (κ3) is 5.16. The van der Waals surface area contributed by atoms with E-state index in [-0.39, 0.29) is 33.4 Å². The van der Waals surface area contributed by atoms with Gasteiger partial charge in [-0.1, -0.05) is 66.2 Å². The molecule has 0 spiro atoms. The van der Waals surface area contributed by atoms with E-state index in [1.54, 1.807) is 30.3 Å². The van der Waals surface area contributed by atoms with E-state index < -0.39 is 21.3 Å². The van der Waals surface area contributed by atoms with E-state index in [1.165, 1.54) is 30.2 Å². The summed E-state index contributed by atoms with van der Waals surface area (Å²) in [5.74, 6) is -0.370. The van der Waals surface area contributed by atoms with Gasteiger partial charge in [0.1, 0.15) is 4.90 Å². The molecule has 0 atom stereocenters. The third-order valence-electron chi connectivity index (χ3n) is 6.05. The maximum absolute atomic E-state index is 13.2. The molecule has 0 radical (unpaired) electrons. The van der Waals surface area contributed by atoms with Gasteiger partial charge in [-0.25, -0.2) is 0 Å². The fourth-order valence-electron chi connectivity index (χ4n) is 4.06. The van der Waals surface area contributed by atoms with Crippen LogP contribution in [0.15, 0.2) is 94.7 Å². The van der Waals surface area contributed by atoms with Crippen LogP contribution in [-0.4, -0.2) is 31.6 Å². The number of rotatable bonds is 7. The first kappa shape index (κ1) is 25.6. The van der Waals surface area contributed by atoms with Gasteiger partial charge < -0.3 is 8.92 Å². The number of methoxy groups -OCH3 is 1. The molecule has 9 heteroatoms. The summed E-state index contributed by atoms with van der Waals surface area (Å²) < 4.78 is 36.9. The molecule has 0 aromatic heterocycles. The molecule has 1 aliphatic heterocycles. The van der Waals surface area contributed by atoms with Crippen molar-refractivity contribution < 1.29 is 26.9 Å². The van der Waals surface area contributed by atoms with Crippen molar-refractivity contribution in [2.45, 2.75) is 18.4 Å². The van der Waals surface area contributed by atoms with Crippen LogP contribution in [-0.2, 0) is 21.5 Å². The van der Waals surface area contributed by atoms with E-state index in [2.05, 4.69) is 0 Å². The Morgan fingerprint density at radius 1 is 0.895 bits per heavy atom. The molecule has 2 amide bonds. The number of carbonyl (C=O) groups excluding carboxylic acids is 2. The first-order valence-corrected chi connectivity index (χ1v) is 13.9. The number of fused-ring (bicyclic) bond motifs is 1. The van der Waals surface area contributed by atoms with Crippen molar-refractivity contribution in [1.29, 1.82) is 0 Å². The summed E-state index contributed by atoms with van der Waals surface area (Å²) in [5.41, 5.74) is 2.01. The molecule has 0 bridgehead atoms. The highest BCUT2D eigenvalue weighted by Gasteiger charge is 2.35. The first-order valence-electron chi connectivity index (χ1n) is 11.7. The second kappa shape index (κ2) is 10.4. The smallest absolute Gasteiger partial charge is 0.339 e. The second-order valence-corrected chi connectivity index (χ2v) is 11.2. The van der Waals surface area contributed by atoms with Crippen molar-refractivity contribution in [2.75, 3.05) is 7.11 Å². The average Bonchev–Trinajstić information content (AvgIpc) is 3.17. The van der Waals surface area contributed by atoms with Crippen molar-refractivity contribution in [3.8, 4) is 11.5 Å². The summed E-state index contributed by atoms with van der Waals surface area (Å²) in [5, 5.41) is 1.67. The van der Waals surface area contributed by atoms with Crippen LogP contribution < -0.4 is 8.92 Å². The predicted octanol–water partition coefficient (Wildman–Crippen LogP) is 6.16. The summed E-state index contributed by atoms with van der Waals surface area (Å²) in [4.78, 5) is 27.3. The number of benzene rings is 4. The standard InChI is InChI=1S/C29H23NO6S2/c1-19-10-14-24(15-11-19)38(33,34)36-27-23(8-5-9-25(27)35-2)17-26-28(31)30(29(32)37-26)18-20-12-13-21-6-3-4-7-22(21)16-20/h3-17H,18H2,1-2H3/b26-17-. The SMILES string of the molecule is COc1cccc(/C=C2\SC(=O)N(Cc3ccc4ccccc4c3)C2=O)c1OS(=O)(=O)c1ccc(C)cc1. The quantitative estimate of drug-likeness (QED) is 0.203. The third-order valence-corrected chi connectivity index (χ3v) is 8.19. The van der Waals surface area contributed by atoms with Gasteiger partial charge in [-0.15, -0.1) is 0 Å². The Labute approximate surface area is 224 Å². The molecule has 1 fully saturated rings. The van der Waals surface area contributed by atoms with Crippen molar-refractivity contribution >= 4 is 49.9 Å². The fraction of sp³-hybridized carbons (Fsp3) is 0.103. The van der Waals surface area contributed by atoms with Crippen LogP contribution in [0.4, 0.5) is 4.79 Å². The fourth-order valence-corrected chi connectivity index (χ4v) is 5.85. The number of amides is 2. The molecular weight excluding hydrogens is 522 g/mol. The van der Waals surface area contributed by atoms with Gasteiger partial charge in [0, 0.05) is 5.56 Å². The number of imide groups is 1. The zero-order valence-electron chi connectivity index (χ0n) is 20.6. The maximum Gasteiger partial charge on any atom is 0.339 e. The molecule has 1 heterocycles. The van der Waals surface area contributed by atoms with E-state index in [4.69, 9.17) is 8.92 Å². The summed E-state index contributed by atoms with van der Waals surface area (Å²) in [6.45, 7) is 1.97. The predicted molar refractivity (Wildman–Crippen MR) is 147 cm³/mol. The number of nitrogens with zero attached hydrogens (tertiary/aromatic N) is 1. The summed E-state index contributed by atoms with van der Waals surface area (Å²) in [6, 6.07) is 24.7. The minimum Gasteiger partial charge on any atom is -0.493 e. The Balaban J connectivity index is 1.44. The van der Waals surface area contributed by atoms with Gasteiger partial charge in [-0.05, 0) is 65.4 Å². The highest BCUT2D eigenvalue weighted by molar-refractivity contribution is 8.18. The van der Waals surface area contributed by atoms with Crippen LogP contribution in [0.3, 0.4) is 0 Å². The molecule has 38 heavy (non-hydrogen) atoms. The number of hydrogen-bond acceptors (Lipinski definition) is 7. The van der Waals surface area contributed by atoms with Crippen LogP contribution in [0.25, 0.3) is 16.8 Å². The van der Waals surface area contributed by atoms with E-state index in [1.807, 2.05) is 49.4 Å². The molecule has 0 N–H and O–H groups in total. The van der Waals surface area contributed by atoms with Gasteiger partial charge in [-0.2, -0.15) is 8.42 Å². The highest BCUT2D eigenvalue weighted by atomic mass is 32.2. The highest BCUT2D eigenvalue weighted by Crippen LogP contribution is 2.39. The van der Waals surface area contributed by atoms with Crippen molar-refractivity contribution in [3.63, 3.8) is 0 Å². The number of carbonyl (C=O) groups is 2. The molecule has 0 aliphatic carbocycles. The minimum absolute atomic E-state index is 0.0179. The van der Waals surface area contributed by atoms with E-state index in [9.17, 15) is 18.0 Å². The number of para-hydroxylation sites is 1. The van der Waals surface area contributed by atoms with Gasteiger partial charge in [0.15, 0.2) is 11.5 Å². The molecule has 0 unspecified atom stereocenters. The van der Waals surface area contributed by atoms with Crippen LogP contribution in [0.1, 0.15) is 16.7 Å². The lowest BCUT2D eigenvalue weighted by Crippen LogP contribution is -2.27. The van der Waals surface area contributed by atoms with Crippen molar-refractivity contribution in [2.24, 2.45) is 0 Å². The topological polar surface area (TPSA) is 90.0 Å². The van der Waals surface area contributed by atoms with Crippen LogP contribution >= 0.6 is 11.8 Å². The Kier molecular flexibility index (Phi) is 6.96. The lowest BCUT2D eigenvalue weighted by molar-refractivity contribution is -0.123. The van der Waals surface area contributed by atoms with Gasteiger partial charge in [0.05, 0.1) is 18.6 Å². The van der Waals surface area contributed by atoms with E-state index >= 15 is 0 Å². The number of thioether (sulfide) groups is 1. The minimum atomic E-state index is -4.19. The average molecular weight is 546 g/mol. The van der Waals surface area contributed by atoms with Crippen molar-refractivity contribution in [3.05, 3.63) is 107 Å². The summed E-state index contributed by atoms with van der Waals surface area (Å²) in [6.07, 6.45) is 1.45. The normalized spacial score (nSPS) is 14.9. The van der Waals surface area contributed by atoms with Gasteiger partial charge >= 0.3 is 10.1 Å². The van der Waals surface area contributed by atoms with Crippen LogP contribution in [0, 0.1) is 6.92 Å². The Bertz CT molecular complexity index is 1690. The van der Waals surface area contributed by atoms with Gasteiger partial charge in [0.2, 0.25) is 0 Å². The zero-order valence-corrected chi connectivity index (χ0v) is 22.2. The Morgan fingerprint density at radius 2 is 1.63 bits per heavy atom. The lowest BCUT2D eigenvalue weighted by atomic mass is 10.1. The summed E-state index contributed by atoms with van der Waals surface area (Å²) >= 11 is 0.790. The summed E-state index contributed by atoms with van der Waals surface area (Å²) in [7, 11) is -2.80. The Morgan fingerprint density at radius 3 is 2.37 bits per heavy atom. The number of hydrogen-bond donors (Lipinski definition) is 0. The molecular formula is C29H23NO6S2. The van der Waals surface area contributed by atoms with Gasteiger partial charge in [0.25, 0.3) is 11.1 Å². The molecule has 1 aliphatic rings. The number of ether oxygens (including phenoxy) is 1. The van der Waals surface area contributed by atoms with E-state index in [0.29, 0.717) is 0 Å². The Hall–Kier alpha value is -4.08. The monoisotopic (exact) mass is 545 g/mol. The molecule has 4 aromatic carbocycles. The second-order valence-electron chi connectivity index (χ2n) is 8.68. The van der Waals surface area contributed by atoms with Crippen LogP contribution in [0.2, 0.25) is 0 Å². The van der Waals surface area contributed by atoms with E-state index in [0.717, 1.165) is 33.7 Å². The maximum atomic E-state index is 13.2. The molecule has 0 saturated carbocycles. The largest absolute Gasteiger partial charge is 0.493 e. The molecule has 1 saturated heterocycles. The van der Waals surface area contributed by atoms with Crippen molar-refractivity contribution in [1.82, 2.24) is 4.90 Å². The first-order chi connectivity index (χ1) is 18.2. The molecule has 7 nitrogen and oxygen atoms in total. The zero-order chi connectivity index (χ0) is 26.9. The molecule has 4 aromatic rings. The van der Waals surface area contributed by atoms with Gasteiger partial charge in [-0.3, -0.25) is 14.5 Å².